The molecule has 0 aromatic heterocycles. The summed E-state index contributed by atoms with van der Waals surface area (Å²) in [6.07, 6.45) is 1.17. The van der Waals surface area contributed by atoms with E-state index in [0.29, 0.717) is 44.0 Å². The summed E-state index contributed by atoms with van der Waals surface area (Å²) in [5.74, 6) is 0.667. The molecule has 27 heavy (non-hydrogen) atoms. The molecular formula is C21H20N4O2. The number of ether oxygens (including phenoxy) is 1. The third-order valence-electron chi connectivity index (χ3n) is 4.55. The van der Waals surface area contributed by atoms with E-state index in [-0.39, 0.29) is 6.03 Å². The Kier molecular flexibility index (Phi) is 5.91. The first-order chi connectivity index (χ1) is 13.2. The Bertz CT molecular complexity index is 894. The Morgan fingerprint density at radius 3 is 2.74 bits per heavy atom. The van der Waals surface area contributed by atoms with Gasteiger partial charge in [-0.25, -0.2) is 4.79 Å². The van der Waals surface area contributed by atoms with Gasteiger partial charge in [0.25, 0.3) is 0 Å². The maximum absolute atomic E-state index is 12.4. The van der Waals surface area contributed by atoms with Crippen LogP contribution in [-0.4, -0.2) is 30.6 Å². The van der Waals surface area contributed by atoms with E-state index in [1.807, 2.05) is 18.2 Å². The first-order valence-corrected chi connectivity index (χ1v) is 8.83. The number of carbonyl (C=O) groups excluding carboxylic acids is 1. The molecule has 2 aromatic rings. The second-order valence-electron chi connectivity index (χ2n) is 6.28. The molecule has 1 heterocycles. The van der Waals surface area contributed by atoms with Crippen LogP contribution < -0.4 is 10.1 Å². The topological polar surface area (TPSA) is 89.2 Å². The monoisotopic (exact) mass is 360 g/mol. The smallest absolute Gasteiger partial charge is 0.317 e. The Hall–Kier alpha value is -3.51. The minimum absolute atomic E-state index is 0.116. The van der Waals surface area contributed by atoms with Gasteiger partial charge in [-0.2, -0.15) is 10.5 Å². The minimum Gasteiger partial charge on any atom is -0.492 e. The van der Waals surface area contributed by atoms with Crippen LogP contribution in [0.4, 0.5) is 4.79 Å². The summed E-state index contributed by atoms with van der Waals surface area (Å²) in [6, 6.07) is 16.9. The third-order valence-corrected chi connectivity index (χ3v) is 4.55. The summed E-state index contributed by atoms with van der Waals surface area (Å²) in [5.41, 5.74) is 3.95. The van der Waals surface area contributed by atoms with Crippen LogP contribution in [0.5, 0.6) is 5.75 Å². The maximum Gasteiger partial charge on any atom is 0.317 e. The van der Waals surface area contributed by atoms with Crippen LogP contribution in [0.15, 0.2) is 42.5 Å². The van der Waals surface area contributed by atoms with Crippen LogP contribution in [-0.2, 0) is 19.4 Å². The second kappa shape index (κ2) is 8.73. The molecule has 6 heteroatoms. The molecule has 0 saturated carbocycles. The van der Waals surface area contributed by atoms with Crippen LogP contribution in [0.2, 0.25) is 0 Å². The van der Waals surface area contributed by atoms with Gasteiger partial charge in [-0.15, -0.1) is 0 Å². The number of carbonyl (C=O) groups is 1. The molecule has 0 fully saturated rings. The van der Waals surface area contributed by atoms with Crippen molar-refractivity contribution in [2.24, 2.45) is 0 Å². The van der Waals surface area contributed by atoms with Crippen molar-refractivity contribution in [1.82, 2.24) is 10.2 Å². The van der Waals surface area contributed by atoms with Crippen molar-refractivity contribution in [3.05, 3.63) is 64.7 Å². The van der Waals surface area contributed by atoms with Crippen LogP contribution in [0.1, 0.15) is 22.3 Å². The summed E-state index contributed by atoms with van der Waals surface area (Å²) in [6.45, 7) is 1.94. The highest BCUT2D eigenvalue weighted by Gasteiger charge is 2.21. The lowest BCUT2D eigenvalue weighted by molar-refractivity contribution is 0.189. The number of urea groups is 1. The molecule has 2 amide bonds. The number of nitriles is 2. The van der Waals surface area contributed by atoms with Gasteiger partial charge < -0.3 is 15.0 Å². The van der Waals surface area contributed by atoms with Crippen LogP contribution >= 0.6 is 0 Å². The molecule has 6 nitrogen and oxygen atoms in total. The van der Waals surface area contributed by atoms with Crippen LogP contribution in [0.25, 0.3) is 0 Å². The van der Waals surface area contributed by atoms with E-state index < -0.39 is 0 Å². The van der Waals surface area contributed by atoms with Gasteiger partial charge >= 0.3 is 6.03 Å². The zero-order valence-electron chi connectivity index (χ0n) is 14.9. The molecule has 0 bridgehead atoms. The van der Waals surface area contributed by atoms with Crippen LogP contribution in [0.3, 0.4) is 0 Å². The average Bonchev–Trinajstić information content (AvgIpc) is 2.71. The van der Waals surface area contributed by atoms with E-state index in [2.05, 4.69) is 17.5 Å². The van der Waals surface area contributed by atoms with Gasteiger partial charge in [0.1, 0.15) is 12.4 Å². The van der Waals surface area contributed by atoms with Crippen molar-refractivity contribution in [2.75, 3.05) is 19.7 Å². The SMILES string of the molecule is N#CCc1cccc2c1CCN(C(=O)NCCOc1ccc(C#N)cc1)C2. The number of fused-ring (bicyclic) bond motifs is 1. The molecular weight excluding hydrogens is 340 g/mol. The quantitative estimate of drug-likeness (QED) is 0.830. The summed E-state index contributed by atoms with van der Waals surface area (Å²) in [7, 11) is 0. The van der Waals surface area contributed by atoms with E-state index >= 15 is 0 Å². The molecule has 0 unspecified atom stereocenters. The van der Waals surface area contributed by atoms with E-state index in [4.69, 9.17) is 15.3 Å². The number of rotatable bonds is 5. The van der Waals surface area contributed by atoms with Gasteiger partial charge in [-0.05, 0) is 47.4 Å². The van der Waals surface area contributed by atoms with Crippen molar-refractivity contribution in [2.45, 2.75) is 19.4 Å². The number of hydrogen-bond donors (Lipinski definition) is 1. The highest BCUT2D eigenvalue weighted by molar-refractivity contribution is 5.74. The fourth-order valence-electron chi connectivity index (χ4n) is 3.18. The molecule has 0 radical (unpaired) electrons. The van der Waals surface area contributed by atoms with Crippen molar-refractivity contribution in [3.8, 4) is 17.9 Å². The zero-order valence-corrected chi connectivity index (χ0v) is 14.9. The highest BCUT2D eigenvalue weighted by atomic mass is 16.5. The molecule has 0 atom stereocenters. The van der Waals surface area contributed by atoms with E-state index in [0.717, 1.165) is 17.5 Å². The van der Waals surface area contributed by atoms with Gasteiger partial charge in [0.15, 0.2) is 0 Å². The molecule has 136 valence electrons. The largest absolute Gasteiger partial charge is 0.492 e. The highest BCUT2D eigenvalue weighted by Crippen LogP contribution is 2.23. The average molecular weight is 360 g/mol. The Labute approximate surface area is 158 Å². The standard InChI is InChI=1S/C21H20N4O2/c22-10-8-17-2-1-3-18-15-25(12-9-20(17)18)21(26)24-11-13-27-19-6-4-16(14-23)5-7-19/h1-7H,8-9,11-13,15H2,(H,24,26). The molecule has 0 aliphatic carbocycles. The molecule has 2 aromatic carbocycles. The number of nitrogens with zero attached hydrogens (tertiary/aromatic N) is 3. The Balaban J connectivity index is 1.47. The summed E-state index contributed by atoms with van der Waals surface area (Å²) in [5, 5.41) is 20.6. The summed E-state index contributed by atoms with van der Waals surface area (Å²) < 4.78 is 5.57. The molecule has 1 N–H and O–H groups in total. The van der Waals surface area contributed by atoms with Gasteiger partial charge in [0, 0.05) is 13.1 Å². The van der Waals surface area contributed by atoms with Gasteiger partial charge in [-0.3, -0.25) is 0 Å². The van der Waals surface area contributed by atoms with E-state index in [1.165, 1.54) is 5.56 Å². The van der Waals surface area contributed by atoms with E-state index in [1.54, 1.807) is 29.2 Å². The van der Waals surface area contributed by atoms with Crippen molar-refractivity contribution < 1.29 is 9.53 Å². The molecule has 0 saturated heterocycles. The Morgan fingerprint density at radius 2 is 2.00 bits per heavy atom. The number of nitrogens with one attached hydrogen (secondary N) is 1. The predicted octanol–water partition coefficient (Wildman–Crippen LogP) is 2.77. The lowest BCUT2D eigenvalue weighted by Gasteiger charge is -2.30. The van der Waals surface area contributed by atoms with Gasteiger partial charge in [0.05, 0.1) is 30.7 Å². The zero-order chi connectivity index (χ0) is 19.1. The number of amides is 2. The van der Waals surface area contributed by atoms with Gasteiger partial charge in [0.2, 0.25) is 0 Å². The Morgan fingerprint density at radius 1 is 1.19 bits per heavy atom. The van der Waals surface area contributed by atoms with Crippen LogP contribution in [0, 0.1) is 22.7 Å². The molecule has 0 spiro atoms. The lowest BCUT2D eigenvalue weighted by atomic mass is 9.93. The van der Waals surface area contributed by atoms with Crippen molar-refractivity contribution >= 4 is 6.03 Å². The van der Waals surface area contributed by atoms with Gasteiger partial charge in [-0.1, -0.05) is 18.2 Å². The fraction of sp³-hybridized carbons (Fsp3) is 0.286. The van der Waals surface area contributed by atoms with E-state index in [9.17, 15) is 4.79 Å². The normalized spacial score (nSPS) is 12.4. The predicted molar refractivity (Wildman–Crippen MR) is 99.9 cm³/mol. The minimum atomic E-state index is -0.116. The summed E-state index contributed by atoms with van der Waals surface area (Å²) in [4.78, 5) is 14.2. The molecule has 1 aliphatic heterocycles. The van der Waals surface area contributed by atoms with Crippen molar-refractivity contribution in [3.63, 3.8) is 0 Å². The first-order valence-electron chi connectivity index (χ1n) is 8.83. The summed E-state index contributed by atoms with van der Waals surface area (Å²) >= 11 is 0. The molecule has 1 aliphatic rings. The molecule has 3 rings (SSSR count). The first kappa shape index (κ1) is 18.3. The van der Waals surface area contributed by atoms with Crippen molar-refractivity contribution in [1.29, 1.82) is 10.5 Å². The number of benzene rings is 2. The lowest BCUT2D eigenvalue weighted by Crippen LogP contribution is -2.44. The number of hydrogen-bond acceptors (Lipinski definition) is 4. The second-order valence-corrected chi connectivity index (χ2v) is 6.28. The fourth-order valence-corrected chi connectivity index (χ4v) is 3.18. The third kappa shape index (κ3) is 4.56. The maximum atomic E-state index is 12.4.